The number of hydrogen-bond acceptors (Lipinski definition) is 7. The molecule has 1 amide bonds. The molecule has 130 valence electrons. The maximum atomic E-state index is 10.9. The van der Waals surface area contributed by atoms with Crippen LogP contribution < -0.4 is 11.2 Å². The Labute approximate surface area is 144 Å². The largest absolute Gasteiger partial charge is 0.455 e. The van der Waals surface area contributed by atoms with Gasteiger partial charge >= 0.3 is 5.13 Å². The van der Waals surface area contributed by atoms with Gasteiger partial charge in [0.15, 0.2) is 5.76 Å². The van der Waals surface area contributed by atoms with E-state index in [0.29, 0.717) is 48.6 Å². The zero-order chi connectivity index (χ0) is 17.5. The molecule has 2 aromatic heterocycles. The van der Waals surface area contributed by atoms with Crippen LogP contribution in [0.4, 0.5) is 5.13 Å². The van der Waals surface area contributed by atoms with Gasteiger partial charge in [0.25, 0.3) is 0 Å². The van der Waals surface area contributed by atoms with Crippen LogP contribution in [0.5, 0.6) is 0 Å². The normalized spacial score (nSPS) is 10.6. The molecule has 0 saturated carbocycles. The van der Waals surface area contributed by atoms with E-state index in [1.165, 1.54) is 28.1 Å². The van der Waals surface area contributed by atoms with Gasteiger partial charge in [-0.1, -0.05) is 0 Å². The summed E-state index contributed by atoms with van der Waals surface area (Å²) in [5.41, 5.74) is 0.691. The van der Waals surface area contributed by atoms with Crippen molar-refractivity contribution in [1.29, 1.82) is 0 Å². The summed E-state index contributed by atoms with van der Waals surface area (Å²) >= 11 is 1.41. The van der Waals surface area contributed by atoms with Crippen molar-refractivity contribution < 1.29 is 18.6 Å². The van der Waals surface area contributed by atoms with Gasteiger partial charge < -0.3 is 14.5 Å². The summed E-state index contributed by atoms with van der Waals surface area (Å²) in [5, 5.41) is 6.64. The maximum Gasteiger partial charge on any atom is 0.407 e. The summed E-state index contributed by atoms with van der Waals surface area (Å²) in [6.07, 6.45) is 0. The van der Waals surface area contributed by atoms with Gasteiger partial charge in [-0.15, -0.1) is 4.68 Å². The van der Waals surface area contributed by atoms with Crippen molar-refractivity contribution in [3.63, 3.8) is 0 Å². The van der Waals surface area contributed by atoms with Gasteiger partial charge in [-0.3, -0.25) is 4.79 Å². The molecule has 0 spiro atoms. The SMILES string of the molecule is C=[N+](c1nc(-c2ccc(CNC(C)=O)o2)cs1)N(N)CCOCC. The van der Waals surface area contributed by atoms with Crippen LogP contribution >= 0.6 is 11.3 Å². The summed E-state index contributed by atoms with van der Waals surface area (Å²) in [6, 6.07) is 3.63. The van der Waals surface area contributed by atoms with Crippen LogP contribution in [0.2, 0.25) is 0 Å². The molecule has 2 aromatic rings. The summed E-state index contributed by atoms with van der Waals surface area (Å²) in [5.74, 6) is 7.12. The Hall–Kier alpha value is -2.23. The highest BCUT2D eigenvalue weighted by Crippen LogP contribution is 2.27. The van der Waals surface area contributed by atoms with Crippen LogP contribution in [0.25, 0.3) is 11.5 Å². The molecule has 2 heterocycles. The van der Waals surface area contributed by atoms with Gasteiger partial charge in [-0.05, 0) is 35.4 Å². The number of nitrogens with zero attached hydrogens (tertiary/aromatic N) is 3. The molecule has 0 saturated heterocycles. The van der Waals surface area contributed by atoms with Crippen molar-refractivity contribution in [2.75, 3.05) is 19.8 Å². The minimum Gasteiger partial charge on any atom is -0.455 e. The lowest BCUT2D eigenvalue weighted by molar-refractivity contribution is -0.620. The van der Waals surface area contributed by atoms with Crippen LogP contribution in [-0.4, -0.2) is 47.2 Å². The third-order valence-corrected chi connectivity index (χ3v) is 3.97. The Morgan fingerprint density at radius 1 is 1.58 bits per heavy atom. The predicted molar refractivity (Wildman–Crippen MR) is 91.8 cm³/mol. The number of hydrazine groups is 2. The lowest BCUT2D eigenvalue weighted by Crippen LogP contribution is -2.40. The number of nitrogens with two attached hydrogens (primary N) is 1. The zero-order valence-electron chi connectivity index (χ0n) is 13.8. The van der Waals surface area contributed by atoms with Crippen LogP contribution in [0.15, 0.2) is 21.9 Å². The lowest BCUT2D eigenvalue weighted by atomic mass is 10.3. The van der Waals surface area contributed by atoms with Crippen molar-refractivity contribution in [3.8, 4) is 11.5 Å². The quantitative estimate of drug-likeness (QED) is 0.233. The summed E-state index contributed by atoms with van der Waals surface area (Å²) in [4.78, 5) is 15.4. The average molecular weight is 352 g/mol. The first-order valence-electron chi connectivity index (χ1n) is 7.50. The van der Waals surface area contributed by atoms with Crippen molar-refractivity contribution in [1.82, 2.24) is 15.4 Å². The zero-order valence-corrected chi connectivity index (χ0v) is 14.6. The monoisotopic (exact) mass is 352 g/mol. The summed E-state index contributed by atoms with van der Waals surface area (Å²) < 4.78 is 12.5. The molecule has 0 aliphatic heterocycles. The molecular weight excluding hydrogens is 330 g/mol. The van der Waals surface area contributed by atoms with Gasteiger partial charge in [-0.2, -0.15) is 5.12 Å². The molecule has 9 heteroatoms. The summed E-state index contributed by atoms with van der Waals surface area (Å²) in [7, 11) is 0. The number of carbonyl (C=O) groups is 1. The number of hydrogen-bond donors (Lipinski definition) is 2. The molecule has 3 N–H and O–H groups in total. The van der Waals surface area contributed by atoms with Gasteiger partial charge in [0.2, 0.25) is 11.6 Å². The van der Waals surface area contributed by atoms with Crippen molar-refractivity contribution in [3.05, 3.63) is 23.3 Å². The van der Waals surface area contributed by atoms with E-state index in [0.717, 1.165) is 0 Å². The molecule has 0 atom stereocenters. The number of thiazole rings is 1. The highest BCUT2D eigenvalue weighted by Gasteiger charge is 2.21. The van der Waals surface area contributed by atoms with E-state index in [1.807, 2.05) is 24.4 Å². The van der Waals surface area contributed by atoms with Crippen LogP contribution in [0, 0.1) is 0 Å². The fourth-order valence-corrected chi connectivity index (χ4v) is 2.61. The predicted octanol–water partition coefficient (Wildman–Crippen LogP) is 1.51. The molecule has 0 aliphatic rings. The minimum atomic E-state index is -0.105. The Bertz CT molecular complexity index is 697. The second kappa shape index (κ2) is 8.57. The summed E-state index contributed by atoms with van der Waals surface area (Å²) in [6.45, 7) is 9.31. The van der Waals surface area contributed by atoms with Gasteiger partial charge in [0.05, 0.1) is 31.8 Å². The smallest absolute Gasteiger partial charge is 0.407 e. The molecule has 0 radical (unpaired) electrons. The molecule has 0 unspecified atom stereocenters. The minimum absolute atomic E-state index is 0.105. The molecular formula is C15H22N5O3S+. The third-order valence-electron chi connectivity index (χ3n) is 3.12. The van der Waals surface area contributed by atoms with Gasteiger partial charge in [0, 0.05) is 13.5 Å². The standard InChI is InChI=1S/C15H21N5O3S/c1-4-22-8-7-20(16)19(3)15-18-13(10-24-15)14-6-5-12(23-14)9-17-11(2)21/h5-6,10H,3-4,7-9,16H2,1-2H3/p+1. The van der Waals surface area contributed by atoms with E-state index in [4.69, 9.17) is 15.0 Å². The third kappa shape index (κ3) is 4.88. The van der Waals surface area contributed by atoms with Crippen molar-refractivity contribution in [2.24, 2.45) is 5.84 Å². The number of nitrogens with one attached hydrogen (secondary N) is 1. The van der Waals surface area contributed by atoms with Crippen LogP contribution in [0.1, 0.15) is 19.6 Å². The van der Waals surface area contributed by atoms with Gasteiger partial charge in [-0.25, -0.2) is 5.84 Å². The molecule has 2 rings (SSSR count). The van der Waals surface area contributed by atoms with Crippen molar-refractivity contribution >= 4 is 29.1 Å². The van der Waals surface area contributed by atoms with Gasteiger partial charge in [0.1, 0.15) is 5.76 Å². The Balaban J connectivity index is 1.99. The number of furan rings is 1. The topological polar surface area (TPSA) is 96.6 Å². The highest BCUT2D eigenvalue weighted by atomic mass is 32.1. The van der Waals surface area contributed by atoms with Crippen molar-refractivity contribution in [2.45, 2.75) is 20.4 Å². The van der Waals surface area contributed by atoms with E-state index in [2.05, 4.69) is 17.0 Å². The first kappa shape index (κ1) is 18.1. The molecule has 0 aromatic carbocycles. The first-order chi connectivity index (χ1) is 11.5. The first-order valence-corrected chi connectivity index (χ1v) is 8.38. The number of ether oxygens (including phenoxy) is 1. The van der Waals surface area contributed by atoms with E-state index in [9.17, 15) is 4.79 Å². The lowest BCUT2D eigenvalue weighted by Gasteiger charge is -2.14. The molecule has 0 aliphatic carbocycles. The molecule has 0 bridgehead atoms. The van der Waals surface area contributed by atoms with E-state index in [-0.39, 0.29) is 5.91 Å². The maximum absolute atomic E-state index is 10.9. The number of hydrazone groups is 1. The molecule has 8 nitrogen and oxygen atoms in total. The van der Waals surface area contributed by atoms with E-state index >= 15 is 0 Å². The Morgan fingerprint density at radius 3 is 3.08 bits per heavy atom. The Morgan fingerprint density at radius 2 is 2.38 bits per heavy atom. The van der Waals surface area contributed by atoms with E-state index < -0.39 is 0 Å². The number of carbonyl (C=O) groups excluding carboxylic acids is 1. The fraction of sp³-hybridized carbons (Fsp3) is 0.400. The molecule has 24 heavy (non-hydrogen) atoms. The van der Waals surface area contributed by atoms with E-state index in [1.54, 1.807) is 0 Å². The highest BCUT2D eigenvalue weighted by molar-refractivity contribution is 7.13. The Kier molecular flexibility index (Phi) is 6.47. The van der Waals surface area contributed by atoms with Crippen LogP contribution in [0.3, 0.4) is 0 Å². The number of rotatable bonds is 9. The second-order valence-corrected chi connectivity index (χ2v) is 5.79. The number of aromatic nitrogens is 1. The number of amides is 1. The fourth-order valence-electron chi connectivity index (χ4n) is 1.85. The average Bonchev–Trinajstić information content (AvgIpc) is 3.21. The van der Waals surface area contributed by atoms with Crippen LogP contribution in [-0.2, 0) is 16.1 Å². The molecule has 0 fully saturated rings. The second-order valence-electron chi connectivity index (χ2n) is 4.95.